The van der Waals surface area contributed by atoms with Gasteiger partial charge in [0.05, 0.1) is 0 Å². The molecule has 0 saturated carbocycles. The molecule has 0 atom stereocenters. The lowest BCUT2D eigenvalue weighted by Crippen LogP contribution is -2.27. The molecule has 10 heavy (non-hydrogen) atoms. The number of ether oxygens (including phenoxy) is 1. The molecule has 0 radical (unpaired) electrons. The largest absolute Gasteiger partial charge is 0.444 e. The van der Waals surface area contributed by atoms with E-state index in [0.717, 1.165) is 0 Å². The highest BCUT2D eigenvalue weighted by atomic mass is 16.5. The average Bonchev–Trinajstić information content (AvgIpc) is 1.82. The summed E-state index contributed by atoms with van der Waals surface area (Å²) in [6, 6.07) is 0. The molecule has 0 aliphatic heterocycles. The van der Waals surface area contributed by atoms with Gasteiger partial charge in [0.2, 0.25) is 5.91 Å². The molecule has 0 saturated heterocycles. The van der Waals surface area contributed by atoms with Gasteiger partial charge in [0, 0.05) is 20.9 Å². The van der Waals surface area contributed by atoms with Crippen molar-refractivity contribution < 1.29 is 14.3 Å². The van der Waals surface area contributed by atoms with Gasteiger partial charge >= 0.3 is 5.97 Å². The zero-order valence-electron chi connectivity index (χ0n) is 6.38. The van der Waals surface area contributed by atoms with E-state index in [-0.39, 0.29) is 18.6 Å². The van der Waals surface area contributed by atoms with Crippen LogP contribution in [0.1, 0.15) is 13.8 Å². The lowest BCUT2D eigenvalue weighted by atomic mass is 10.6. The zero-order chi connectivity index (χ0) is 8.15. The second-order valence-corrected chi connectivity index (χ2v) is 1.98. The van der Waals surface area contributed by atoms with Crippen LogP contribution in [0.4, 0.5) is 0 Å². The predicted octanol–water partition coefficient (Wildman–Crippen LogP) is -0.0147. The first kappa shape index (κ1) is 8.94. The molecule has 0 aromatic carbocycles. The van der Waals surface area contributed by atoms with Gasteiger partial charge in [0.1, 0.15) is 0 Å². The quantitative estimate of drug-likeness (QED) is 0.405. The van der Waals surface area contributed by atoms with E-state index in [4.69, 9.17) is 0 Å². The van der Waals surface area contributed by atoms with E-state index < -0.39 is 0 Å². The van der Waals surface area contributed by atoms with E-state index >= 15 is 0 Å². The minimum atomic E-state index is -0.381. The van der Waals surface area contributed by atoms with E-state index in [1.165, 1.54) is 18.7 Å². The van der Waals surface area contributed by atoms with Gasteiger partial charge in [-0.15, -0.1) is 0 Å². The summed E-state index contributed by atoms with van der Waals surface area (Å²) in [4.78, 5) is 22.0. The predicted molar refractivity (Wildman–Crippen MR) is 35.1 cm³/mol. The monoisotopic (exact) mass is 145 g/mol. The first-order valence-corrected chi connectivity index (χ1v) is 2.89. The fourth-order valence-corrected chi connectivity index (χ4v) is 0.279. The number of hydrogen-bond acceptors (Lipinski definition) is 3. The Morgan fingerprint density at radius 3 is 2.20 bits per heavy atom. The molecule has 0 fully saturated rings. The maximum Gasteiger partial charge on any atom is 0.304 e. The molecule has 0 aromatic rings. The molecule has 0 aliphatic carbocycles. The van der Waals surface area contributed by atoms with E-state index in [2.05, 4.69) is 4.74 Å². The molecule has 1 amide bonds. The van der Waals surface area contributed by atoms with E-state index in [9.17, 15) is 9.59 Å². The summed E-state index contributed by atoms with van der Waals surface area (Å²) in [5.74, 6) is -0.505. The first-order chi connectivity index (χ1) is 4.54. The van der Waals surface area contributed by atoms with Crippen LogP contribution in [-0.2, 0) is 14.3 Å². The number of carbonyl (C=O) groups is 2. The van der Waals surface area contributed by atoms with Crippen LogP contribution in [0.25, 0.3) is 0 Å². The summed E-state index contributed by atoms with van der Waals surface area (Å²) in [5.41, 5.74) is 0. The Morgan fingerprint density at radius 2 is 1.90 bits per heavy atom. The third kappa shape index (κ3) is 3.88. The Balaban J connectivity index is 3.49. The first-order valence-electron chi connectivity index (χ1n) is 2.89. The highest BCUT2D eigenvalue weighted by Gasteiger charge is 2.01. The smallest absolute Gasteiger partial charge is 0.304 e. The molecule has 0 aromatic heterocycles. The normalized spacial score (nSPS) is 8.70. The fraction of sp³-hybridized carbons (Fsp3) is 0.667. The number of hydrogen-bond donors (Lipinski definition) is 0. The van der Waals surface area contributed by atoms with Crippen molar-refractivity contribution in [1.82, 2.24) is 4.90 Å². The van der Waals surface area contributed by atoms with E-state index in [1.54, 1.807) is 7.05 Å². The molecule has 0 heterocycles. The second kappa shape index (κ2) is 3.87. The van der Waals surface area contributed by atoms with Crippen molar-refractivity contribution in [2.24, 2.45) is 0 Å². The van der Waals surface area contributed by atoms with Gasteiger partial charge in [-0.1, -0.05) is 0 Å². The summed E-state index contributed by atoms with van der Waals surface area (Å²) in [5, 5.41) is 0. The van der Waals surface area contributed by atoms with Crippen LogP contribution in [0.5, 0.6) is 0 Å². The van der Waals surface area contributed by atoms with Crippen LogP contribution in [0.3, 0.4) is 0 Å². The SMILES string of the molecule is CC(=O)OCN(C)C(C)=O. The van der Waals surface area contributed by atoms with Crippen molar-refractivity contribution in [3.8, 4) is 0 Å². The van der Waals surface area contributed by atoms with Gasteiger partial charge in [-0.3, -0.25) is 9.59 Å². The minimum absolute atomic E-state index is 0.0324. The summed E-state index contributed by atoms with van der Waals surface area (Å²) in [6.45, 7) is 2.74. The second-order valence-electron chi connectivity index (χ2n) is 1.98. The minimum Gasteiger partial charge on any atom is -0.444 e. The Morgan fingerprint density at radius 1 is 1.40 bits per heavy atom. The van der Waals surface area contributed by atoms with Gasteiger partial charge in [0.15, 0.2) is 6.73 Å². The number of nitrogens with zero attached hydrogens (tertiary/aromatic N) is 1. The Bertz CT molecular complexity index is 144. The number of amides is 1. The zero-order valence-corrected chi connectivity index (χ0v) is 6.38. The molecule has 0 N–H and O–H groups in total. The lowest BCUT2D eigenvalue weighted by molar-refractivity contribution is -0.148. The third-order valence-electron chi connectivity index (χ3n) is 0.999. The highest BCUT2D eigenvalue weighted by molar-refractivity contribution is 5.73. The molecule has 4 heteroatoms. The van der Waals surface area contributed by atoms with E-state index in [0.29, 0.717) is 0 Å². The van der Waals surface area contributed by atoms with Crippen molar-refractivity contribution in [3.63, 3.8) is 0 Å². The topological polar surface area (TPSA) is 46.6 Å². The van der Waals surface area contributed by atoms with Crippen molar-refractivity contribution in [2.75, 3.05) is 13.8 Å². The average molecular weight is 145 g/mol. The van der Waals surface area contributed by atoms with Gasteiger partial charge in [-0.05, 0) is 0 Å². The molecule has 0 bridgehead atoms. The summed E-state index contributed by atoms with van der Waals surface area (Å²) < 4.78 is 4.53. The Labute approximate surface area is 59.8 Å². The summed E-state index contributed by atoms with van der Waals surface area (Å²) in [6.07, 6.45) is 0. The molecule has 0 unspecified atom stereocenters. The van der Waals surface area contributed by atoms with Crippen LogP contribution >= 0.6 is 0 Å². The van der Waals surface area contributed by atoms with Crippen LogP contribution in [0.15, 0.2) is 0 Å². The van der Waals surface area contributed by atoms with Crippen molar-refractivity contribution in [3.05, 3.63) is 0 Å². The number of esters is 1. The standard InChI is InChI=1S/C6H11NO3/c1-5(8)7(3)4-10-6(2)9/h4H2,1-3H3. The molecular formula is C6H11NO3. The maximum absolute atomic E-state index is 10.5. The van der Waals surface area contributed by atoms with E-state index in [1.807, 2.05) is 0 Å². The summed E-state index contributed by atoms with van der Waals surface area (Å²) in [7, 11) is 1.56. The molecule has 0 aliphatic rings. The van der Waals surface area contributed by atoms with Crippen LogP contribution in [0, 0.1) is 0 Å². The molecule has 0 spiro atoms. The number of rotatable bonds is 2. The van der Waals surface area contributed by atoms with Crippen molar-refractivity contribution >= 4 is 11.9 Å². The van der Waals surface area contributed by atoms with Crippen LogP contribution in [-0.4, -0.2) is 30.6 Å². The maximum atomic E-state index is 10.5. The lowest BCUT2D eigenvalue weighted by Gasteiger charge is -2.13. The van der Waals surface area contributed by atoms with Gasteiger partial charge < -0.3 is 9.64 Å². The van der Waals surface area contributed by atoms with Crippen LogP contribution in [0.2, 0.25) is 0 Å². The summed E-state index contributed by atoms with van der Waals surface area (Å²) >= 11 is 0. The Hall–Kier alpha value is -1.06. The van der Waals surface area contributed by atoms with Crippen LogP contribution < -0.4 is 0 Å². The van der Waals surface area contributed by atoms with Gasteiger partial charge in [-0.2, -0.15) is 0 Å². The van der Waals surface area contributed by atoms with Gasteiger partial charge in [-0.25, -0.2) is 0 Å². The van der Waals surface area contributed by atoms with Crippen molar-refractivity contribution in [2.45, 2.75) is 13.8 Å². The third-order valence-corrected chi connectivity index (χ3v) is 0.999. The molecular weight excluding hydrogens is 134 g/mol. The molecule has 0 rings (SSSR count). The van der Waals surface area contributed by atoms with Gasteiger partial charge in [0.25, 0.3) is 0 Å². The van der Waals surface area contributed by atoms with Crippen molar-refractivity contribution in [1.29, 1.82) is 0 Å². The molecule has 4 nitrogen and oxygen atoms in total. The fourth-order valence-electron chi connectivity index (χ4n) is 0.279. The Kier molecular flexibility index (Phi) is 3.46. The highest BCUT2D eigenvalue weighted by Crippen LogP contribution is 1.84. The number of carbonyl (C=O) groups excluding carboxylic acids is 2. The molecule has 58 valence electrons.